The van der Waals surface area contributed by atoms with Gasteiger partial charge in [0.2, 0.25) is 0 Å². The minimum absolute atomic E-state index is 0.0755. The predicted molar refractivity (Wildman–Crippen MR) is 106 cm³/mol. The van der Waals surface area contributed by atoms with E-state index in [1.165, 1.54) is 11.3 Å². The summed E-state index contributed by atoms with van der Waals surface area (Å²) in [5.74, 6) is 0.329. The van der Waals surface area contributed by atoms with Gasteiger partial charge in [-0.3, -0.25) is 4.79 Å². The molecule has 0 aliphatic heterocycles. The van der Waals surface area contributed by atoms with Crippen molar-refractivity contribution in [3.63, 3.8) is 0 Å². The summed E-state index contributed by atoms with van der Waals surface area (Å²) in [6.07, 6.45) is 1.98. The SMILES string of the molecule is CCCCNC(=O)c1cc(-c2ccc(O)cc2)c(-c2ccc(O)cc2)s1. The molecule has 2 aromatic carbocycles. The fraction of sp³-hybridized carbons (Fsp3) is 0.190. The van der Waals surface area contributed by atoms with Crippen LogP contribution in [0.2, 0.25) is 0 Å². The summed E-state index contributed by atoms with van der Waals surface area (Å²) in [7, 11) is 0. The molecule has 5 heteroatoms. The quantitative estimate of drug-likeness (QED) is 0.536. The standard InChI is InChI=1S/C21H21NO3S/c1-2-3-12-22-21(25)19-13-18(14-4-8-16(23)9-5-14)20(26-19)15-6-10-17(24)11-7-15/h4-11,13,23-24H,2-3,12H2,1H3,(H,22,25). The molecule has 0 atom stereocenters. The van der Waals surface area contributed by atoms with Crippen molar-refractivity contribution in [1.82, 2.24) is 5.32 Å². The Morgan fingerprint density at radius 2 is 1.54 bits per heavy atom. The van der Waals surface area contributed by atoms with E-state index in [1.54, 1.807) is 24.3 Å². The molecular weight excluding hydrogens is 346 g/mol. The van der Waals surface area contributed by atoms with Crippen LogP contribution in [-0.4, -0.2) is 22.7 Å². The van der Waals surface area contributed by atoms with Crippen molar-refractivity contribution in [3.8, 4) is 33.1 Å². The van der Waals surface area contributed by atoms with E-state index in [2.05, 4.69) is 12.2 Å². The Kier molecular flexibility index (Phi) is 5.58. The summed E-state index contributed by atoms with van der Waals surface area (Å²) in [5.41, 5.74) is 2.79. The minimum Gasteiger partial charge on any atom is -0.508 e. The second kappa shape index (κ2) is 8.06. The fourth-order valence-electron chi connectivity index (χ4n) is 2.65. The van der Waals surface area contributed by atoms with E-state index in [0.29, 0.717) is 11.4 Å². The molecule has 0 saturated heterocycles. The number of carbonyl (C=O) groups is 1. The lowest BCUT2D eigenvalue weighted by Crippen LogP contribution is -2.23. The summed E-state index contributed by atoms with van der Waals surface area (Å²) >= 11 is 1.43. The van der Waals surface area contributed by atoms with Crippen LogP contribution in [0, 0.1) is 0 Å². The van der Waals surface area contributed by atoms with Gasteiger partial charge >= 0.3 is 0 Å². The molecule has 1 heterocycles. The molecule has 0 aliphatic carbocycles. The Bertz CT molecular complexity index is 820. The van der Waals surface area contributed by atoms with E-state index >= 15 is 0 Å². The molecule has 0 unspecified atom stereocenters. The summed E-state index contributed by atoms with van der Waals surface area (Å²) in [4.78, 5) is 14.1. The van der Waals surface area contributed by atoms with Gasteiger partial charge in [-0.15, -0.1) is 11.3 Å². The maximum Gasteiger partial charge on any atom is 0.261 e. The molecule has 0 aliphatic rings. The third-order valence-electron chi connectivity index (χ3n) is 4.08. The maximum absolute atomic E-state index is 12.5. The van der Waals surface area contributed by atoms with Crippen molar-refractivity contribution in [2.75, 3.05) is 6.54 Å². The van der Waals surface area contributed by atoms with Crippen LogP contribution >= 0.6 is 11.3 Å². The summed E-state index contributed by atoms with van der Waals surface area (Å²) in [5, 5.41) is 22.0. The topological polar surface area (TPSA) is 69.6 Å². The Morgan fingerprint density at radius 1 is 0.962 bits per heavy atom. The Balaban J connectivity index is 2.01. The molecule has 3 N–H and O–H groups in total. The van der Waals surface area contributed by atoms with E-state index in [9.17, 15) is 15.0 Å². The Morgan fingerprint density at radius 3 is 2.12 bits per heavy atom. The average Bonchev–Trinajstić information content (AvgIpc) is 3.08. The fourth-order valence-corrected chi connectivity index (χ4v) is 3.75. The third-order valence-corrected chi connectivity index (χ3v) is 5.26. The number of phenols is 2. The number of thiophene rings is 1. The van der Waals surface area contributed by atoms with E-state index in [-0.39, 0.29) is 17.4 Å². The zero-order chi connectivity index (χ0) is 18.5. The Labute approximate surface area is 156 Å². The van der Waals surface area contributed by atoms with Gasteiger partial charge in [0.25, 0.3) is 5.91 Å². The maximum atomic E-state index is 12.5. The first-order valence-electron chi connectivity index (χ1n) is 8.59. The lowest BCUT2D eigenvalue weighted by Gasteiger charge is -2.05. The van der Waals surface area contributed by atoms with Crippen molar-refractivity contribution in [1.29, 1.82) is 0 Å². The number of carbonyl (C=O) groups excluding carboxylic acids is 1. The molecule has 3 aromatic rings. The lowest BCUT2D eigenvalue weighted by molar-refractivity contribution is 0.0957. The number of benzene rings is 2. The number of hydrogen-bond acceptors (Lipinski definition) is 4. The zero-order valence-corrected chi connectivity index (χ0v) is 15.3. The highest BCUT2D eigenvalue weighted by Crippen LogP contribution is 2.40. The highest BCUT2D eigenvalue weighted by molar-refractivity contribution is 7.18. The van der Waals surface area contributed by atoms with E-state index in [1.807, 2.05) is 30.3 Å². The summed E-state index contributed by atoms with van der Waals surface area (Å²) < 4.78 is 0. The van der Waals surface area contributed by atoms with Crippen LogP contribution in [0.25, 0.3) is 21.6 Å². The molecule has 0 saturated carbocycles. The summed E-state index contributed by atoms with van der Waals surface area (Å²) in [6.45, 7) is 2.75. The molecule has 1 aromatic heterocycles. The highest BCUT2D eigenvalue weighted by Gasteiger charge is 2.17. The van der Waals surface area contributed by atoms with E-state index in [0.717, 1.165) is 34.4 Å². The van der Waals surface area contributed by atoms with Crippen LogP contribution in [0.1, 0.15) is 29.4 Å². The number of hydrogen-bond donors (Lipinski definition) is 3. The number of phenolic OH excluding ortho intramolecular Hbond substituents is 2. The second-order valence-corrected chi connectivity index (χ2v) is 7.11. The number of aromatic hydroxyl groups is 2. The molecule has 26 heavy (non-hydrogen) atoms. The van der Waals surface area contributed by atoms with Gasteiger partial charge in [-0.25, -0.2) is 0 Å². The van der Waals surface area contributed by atoms with Gasteiger partial charge in [0, 0.05) is 17.0 Å². The predicted octanol–water partition coefficient (Wildman–Crippen LogP) is 5.02. The van der Waals surface area contributed by atoms with Gasteiger partial charge in [-0.1, -0.05) is 25.5 Å². The second-order valence-electron chi connectivity index (χ2n) is 6.06. The smallest absolute Gasteiger partial charge is 0.261 e. The first kappa shape index (κ1) is 18.0. The molecule has 1 amide bonds. The molecule has 0 spiro atoms. The van der Waals surface area contributed by atoms with Crippen LogP contribution in [0.4, 0.5) is 0 Å². The summed E-state index contributed by atoms with van der Waals surface area (Å²) in [6, 6.07) is 15.8. The largest absolute Gasteiger partial charge is 0.508 e. The van der Waals surface area contributed by atoms with Gasteiger partial charge < -0.3 is 15.5 Å². The van der Waals surface area contributed by atoms with Crippen molar-refractivity contribution in [2.24, 2.45) is 0 Å². The van der Waals surface area contributed by atoms with Crippen molar-refractivity contribution < 1.29 is 15.0 Å². The molecule has 0 radical (unpaired) electrons. The molecule has 0 bridgehead atoms. The number of rotatable bonds is 6. The molecule has 134 valence electrons. The third kappa shape index (κ3) is 4.06. The van der Waals surface area contributed by atoms with Crippen LogP contribution in [0.5, 0.6) is 11.5 Å². The van der Waals surface area contributed by atoms with Crippen LogP contribution in [-0.2, 0) is 0 Å². The number of amides is 1. The van der Waals surface area contributed by atoms with E-state index < -0.39 is 0 Å². The van der Waals surface area contributed by atoms with Crippen molar-refractivity contribution in [3.05, 3.63) is 59.5 Å². The van der Waals surface area contributed by atoms with Gasteiger partial charge in [0.05, 0.1) is 4.88 Å². The van der Waals surface area contributed by atoms with E-state index in [4.69, 9.17) is 0 Å². The first-order chi connectivity index (χ1) is 12.6. The number of nitrogens with one attached hydrogen (secondary N) is 1. The first-order valence-corrected chi connectivity index (χ1v) is 9.41. The molecule has 0 fully saturated rings. The van der Waals surface area contributed by atoms with Crippen molar-refractivity contribution in [2.45, 2.75) is 19.8 Å². The van der Waals surface area contributed by atoms with Crippen molar-refractivity contribution >= 4 is 17.2 Å². The molecule has 3 rings (SSSR count). The normalized spacial score (nSPS) is 10.7. The van der Waals surface area contributed by atoms with Crippen LogP contribution in [0.15, 0.2) is 54.6 Å². The highest BCUT2D eigenvalue weighted by atomic mass is 32.1. The lowest BCUT2D eigenvalue weighted by atomic mass is 10.0. The van der Waals surface area contributed by atoms with Gasteiger partial charge in [-0.2, -0.15) is 0 Å². The molecule has 4 nitrogen and oxygen atoms in total. The average molecular weight is 367 g/mol. The van der Waals surface area contributed by atoms with Gasteiger partial charge in [0.15, 0.2) is 0 Å². The van der Waals surface area contributed by atoms with Crippen LogP contribution in [0.3, 0.4) is 0 Å². The monoisotopic (exact) mass is 367 g/mol. The van der Waals surface area contributed by atoms with Crippen LogP contribution < -0.4 is 5.32 Å². The zero-order valence-electron chi connectivity index (χ0n) is 14.5. The minimum atomic E-state index is -0.0755. The molecular formula is C21H21NO3S. The van der Waals surface area contributed by atoms with Gasteiger partial charge in [-0.05, 0) is 60.0 Å². The number of unbranched alkanes of at least 4 members (excludes halogenated alkanes) is 1. The van der Waals surface area contributed by atoms with Gasteiger partial charge in [0.1, 0.15) is 11.5 Å². The Hall–Kier alpha value is -2.79.